The number of carbonyl (C=O) groups is 2. The summed E-state index contributed by atoms with van der Waals surface area (Å²) in [5, 5.41) is -0.307. The molecule has 4 rings (SSSR count). The Kier molecular flexibility index (Phi) is 5.61. The third kappa shape index (κ3) is 4.51. The van der Waals surface area contributed by atoms with Crippen molar-refractivity contribution in [3.63, 3.8) is 0 Å². The van der Waals surface area contributed by atoms with Crippen LogP contribution in [-0.4, -0.2) is 27.8 Å². The summed E-state index contributed by atoms with van der Waals surface area (Å²) in [7, 11) is 0. The Balaban J connectivity index is 1.74. The van der Waals surface area contributed by atoms with Gasteiger partial charge < -0.3 is 9.47 Å². The van der Waals surface area contributed by atoms with Gasteiger partial charge in [0.2, 0.25) is 5.88 Å². The number of rotatable bonds is 4. The third-order valence-electron chi connectivity index (χ3n) is 5.96. The molecule has 2 heterocycles. The van der Waals surface area contributed by atoms with Gasteiger partial charge in [-0.1, -0.05) is 17.7 Å². The highest BCUT2D eigenvalue weighted by Crippen LogP contribution is 2.48. The first kappa shape index (κ1) is 23.7. The molecule has 0 amide bonds. The summed E-state index contributed by atoms with van der Waals surface area (Å²) in [5.41, 5.74) is -1.92. The Morgan fingerprint density at radius 2 is 1.64 bits per heavy atom. The molecule has 1 aliphatic carbocycles. The van der Waals surface area contributed by atoms with E-state index in [1.54, 1.807) is 45.9 Å². The molecule has 0 spiro atoms. The number of ketones is 2. The molecule has 2 aromatic rings. The van der Waals surface area contributed by atoms with Crippen LogP contribution in [-0.2, 0) is 20.5 Å². The Hall–Kier alpha value is -2.45. The molecule has 1 aliphatic heterocycles. The van der Waals surface area contributed by atoms with Gasteiger partial charge in [0, 0.05) is 6.20 Å². The zero-order valence-corrected chi connectivity index (χ0v) is 19.3. The number of hydrogen-bond donors (Lipinski definition) is 0. The van der Waals surface area contributed by atoms with Crippen LogP contribution >= 0.6 is 11.6 Å². The van der Waals surface area contributed by atoms with E-state index in [4.69, 9.17) is 21.1 Å². The van der Waals surface area contributed by atoms with Gasteiger partial charge >= 0.3 is 6.18 Å². The summed E-state index contributed by atoms with van der Waals surface area (Å²) in [4.78, 5) is 30.2. The highest BCUT2D eigenvalue weighted by Gasteiger charge is 2.54. The van der Waals surface area contributed by atoms with Gasteiger partial charge in [-0.3, -0.25) is 9.59 Å². The Labute approximate surface area is 194 Å². The predicted molar refractivity (Wildman–Crippen MR) is 115 cm³/mol. The molecule has 0 radical (unpaired) electrons. The number of pyridine rings is 1. The smallest absolute Gasteiger partial charge is 0.417 e. The number of ether oxygens (including phenoxy) is 2. The van der Waals surface area contributed by atoms with Crippen molar-refractivity contribution in [2.45, 2.75) is 69.8 Å². The first-order chi connectivity index (χ1) is 15.2. The Morgan fingerprint density at radius 3 is 2.15 bits per heavy atom. The molecule has 0 bridgehead atoms. The quantitative estimate of drug-likeness (QED) is 0.484. The predicted octanol–water partition coefficient (Wildman–Crippen LogP) is 6.23. The number of alkyl halides is 3. The average Bonchev–Trinajstić information content (AvgIpc) is 3.52. The zero-order chi connectivity index (χ0) is 24.3. The normalized spacial score (nSPS) is 20.7. The van der Waals surface area contributed by atoms with Gasteiger partial charge in [0.15, 0.2) is 11.6 Å². The first-order valence-electron chi connectivity index (χ1n) is 10.5. The first-order valence-corrected chi connectivity index (χ1v) is 10.9. The van der Waals surface area contributed by atoms with Gasteiger partial charge in [-0.05, 0) is 75.8 Å². The van der Waals surface area contributed by atoms with Crippen LogP contribution in [0.25, 0.3) is 0 Å². The van der Waals surface area contributed by atoms with Crippen LogP contribution in [0.4, 0.5) is 13.2 Å². The fraction of sp³-hybridized carbons (Fsp3) is 0.458. The van der Waals surface area contributed by atoms with E-state index in [-0.39, 0.29) is 34.1 Å². The zero-order valence-electron chi connectivity index (χ0n) is 18.5. The minimum absolute atomic E-state index is 0.208. The van der Waals surface area contributed by atoms with Gasteiger partial charge in [0.25, 0.3) is 0 Å². The van der Waals surface area contributed by atoms with Crippen LogP contribution < -0.4 is 4.74 Å². The SMILES string of the molecule is CC1(C)OC(C)(C)C(=O)C(c2cc(Oc3ncc(C(F)(F)F)cc3Cl)ccc2C2CC2)C1=O. The fourth-order valence-electron chi connectivity index (χ4n) is 4.23. The molecular weight excluding hydrogens is 459 g/mol. The van der Waals surface area contributed by atoms with E-state index in [0.717, 1.165) is 24.5 Å². The summed E-state index contributed by atoms with van der Waals surface area (Å²) < 4.78 is 50.1. The maximum absolute atomic E-state index is 13.3. The van der Waals surface area contributed by atoms with Gasteiger partial charge in [-0.2, -0.15) is 13.2 Å². The average molecular weight is 482 g/mol. The van der Waals surface area contributed by atoms with Crippen LogP contribution in [0.5, 0.6) is 11.6 Å². The number of halogens is 4. The second-order valence-corrected chi connectivity index (χ2v) is 9.87. The van der Waals surface area contributed by atoms with Gasteiger partial charge in [0.1, 0.15) is 27.9 Å². The minimum Gasteiger partial charge on any atom is -0.438 e. The largest absolute Gasteiger partial charge is 0.438 e. The van der Waals surface area contributed by atoms with Crippen molar-refractivity contribution in [1.29, 1.82) is 0 Å². The lowest BCUT2D eigenvalue weighted by Gasteiger charge is -2.43. The molecule has 9 heteroatoms. The van der Waals surface area contributed by atoms with Crippen molar-refractivity contribution in [2.75, 3.05) is 0 Å². The molecular formula is C24H23ClF3NO4. The van der Waals surface area contributed by atoms with Gasteiger partial charge in [-0.25, -0.2) is 4.98 Å². The van der Waals surface area contributed by atoms with E-state index in [2.05, 4.69) is 4.98 Å². The minimum atomic E-state index is -4.59. The Morgan fingerprint density at radius 1 is 1.03 bits per heavy atom. The van der Waals surface area contributed by atoms with E-state index in [0.29, 0.717) is 11.8 Å². The van der Waals surface area contributed by atoms with Crippen molar-refractivity contribution >= 4 is 23.2 Å². The van der Waals surface area contributed by atoms with Crippen molar-refractivity contribution < 1.29 is 32.2 Å². The van der Waals surface area contributed by atoms with Crippen LogP contribution in [0.2, 0.25) is 5.02 Å². The lowest BCUT2D eigenvalue weighted by atomic mass is 9.73. The lowest BCUT2D eigenvalue weighted by molar-refractivity contribution is -0.184. The molecule has 1 saturated heterocycles. The molecule has 0 unspecified atom stereocenters. The monoisotopic (exact) mass is 481 g/mol. The van der Waals surface area contributed by atoms with E-state index < -0.39 is 28.9 Å². The molecule has 176 valence electrons. The van der Waals surface area contributed by atoms with E-state index in [1.165, 1.54) is 0 Å². The highest BCUT2D eigenvalue weighted by atomic mass is 35.5. The van der Waals surface area contributed by atoms with Crippen molar-refractivity contribution in [3.8, 4) is 11.6 Å². The fourth-order valence-corrected chi connectivity index (χ4v) is 4.44. The molecule has 1 aromatic carbocycles. The van der Waals surface area contributed by atoms with Gasteiger partial charge in [-0.15, -0.1) is 0 Å². The summed E-state index contributed by atoms with van der Waals surface area (Å²) in [6.07, 6.45) is -2.06. The number of nitrogens with zero attached hydrogens (tertiary/aromatic N) is 1. The van der Waals surface area contributed by atoms with Crippen molar-refractivity contribution in [3.05, 3.63) is 52.2 Å². The molecule has 1 saturated carbocycles. The van der Waals surface area contributed by atoms with Crippen LogP contribution in [0.3, 0.4) is 0 Å². The van der Waals surface area contributed by atoms with Crippen LogP contribution in [0.15, 0.2) is 30.5 Å². The van der Waals surface area contributed by atoms with Crippen molar-refractivity contribution in [2.24, 2.45) is 0 Å². The number of Topliss-reactive ketones (excluding diaryl/α,β-unsaturated/α-hetero) is 2. The molecule has 2 fully saturated rings. The number of benzene rings is 1. The molecule has 33 heavy (non-hydrogen) atoms. The van der Waals surface area contributed by atoms with Crippen molar-refractivity contribution in [1.82, 2.24) is 4.98 Å². The highest BCUT2D eigenvalue weighted by molar-refractivity contribution is 6.31. The third-order valence-corrected chi connectivity index (χ3v) is 6.23. The topological polar surface area (TPSA) is 65.5 Å². The summed E-state index contributed by atoms with van der Waals surface area (Å²) >= 11 is 5.97. The summed E-state index contributed by atoms with van der Waals surface area (Å²) in [5.74, 6) is -1.50. The second kappa shape index (κ2) is 7.81. The summed E-state index contributed by atoms with van der Waals surface area (Å²) in [6, 6.07) is 5.74. The summed E-state index contributed by atoms with van der Waals surface area (Å²) in [6.45, 7) is 6.55. The molecule has 0 atom stereocenters. The van der Waals surface area contributed by atoms with Gasteiger partial charge in [0.05, 0.1) is 5.56 Å². The Bertz CT molecular complexity index is 1110. The lowest BCUT2D eigenvalue weighted by Crippen LogP contribution is -2.58. The molecule has 1 aromatic heterocycles. The number of hydrogen-bond acceptors (Lipinski definition) is 5. The molecule has 2 aliphatic rings. The number of carbonyl (C=O) groups excluding carboxylic acids is 2. The molecule has 0 N–H and O–H groups in total. The maximum atomic E-state index is 13.3. The van der Waals surface area contributed by atoms with Crippen LogP contribution in [0.1, 0.15) is 69.1 Å². The second-order valence-electron chi connectivity index (χ2n) is 9.46. The van der Waals surface area contributed by atoms with E-state index in [9.17, 15) is 22.8 Å². The van der Waals surface area contributed by atoms with E-state index >= 15 is 0 Å². The van der Waals surface area contributed by atoms with E-state index in [1.807, 2.05) is 0 Å². The standard InChI is InChI=1S/C24H23ClF3NO4/c1-22(2)19(30)18(20(31)23(3,4)33-22)16-10-14(7-8-15(16)12-5-6-12)32-21-17(25)9-13(11-29-21)24(26,27)28/h7-12,18H,5-6H2,1-4H3. The van der Waals surface area contributed by atoms with Crippen LogP contribution in [0, 0.1) is 0 Å². The maximum Gasteiger partial charge on any atom is 0.417 e. The molecule has 5 nitrogen and oxygen atoms in total. The number of aromatic nitrogens is 1.